The Balaban J connectivity index is 1.32. The van der Waals surface area contributed by atoms with Gasteiger partial charge in [0, 0.05) is 11.3 Å². The molecule has 0 saturated heterocycles. The number of carbonyl (C=O) groups is 3. The van der Waals surface area contributed by atoms with E-state index >= 15 is 0 Å². The molecule has 152 valence electrons. The van der Waals surface area contributed by atoms with E-state index in [0.29, 0.717) is 22.8 Å². The number of rotatable bonds is 7. The lowest BCUT2D eigenvalue weighted by molar-refractivity contribution is -0.116. The number of benzene rings is 2. The summed E-state index contributed by atoms with van der Waals surface area (Å²) in [6.45, 7) is 1.51. The summed E-state index contributed by atoms with van der Waals surface area (Å²) in [7, 11) is 0. The fourth-order valence-electron chi connectivity index (χ4n) is 3.11. The van der Waals surface area contributed by atoms with Gasteiger partial charge in [-0.1, -0.05) is 18.2 Å². The maximum atomic E-state index is 12.4. The smallest absolute Gasteiger partial charge is 0.374 e. The van der Waals surface area contributed by atoms with Crippen molar-refractivity contribution in [3.05, 3.63) is 83.3 Å². The second-order valence-electron chi connectivity index (χ2n) is 6.88. The first-order valence-electron chi connectivity index (χ1n) is 9.43. The molecule has 0 radical (unpaired) electrons. The van der Waals surface area contributed by atoms with Crippen molar-refractivity contribution < 1.29 is 28.3 Å². The lowest BCUT2D eigenvalue weighted by atomic mass is 9.99. The number of para-hydroxylation sites is 1. The first-order valence-corrected chi connectivity index (χ1v) is 9.43. The van der Waals surface area contributed by atoms with Crippen LogP contribution in [0.3, 0.4) is 0 Å². The summed E-state index contributed by atoms with van der Waals surface area (Å²) >= 11 is 0. The number of ketones is 1. The fourth-order valence-corrected chi connectivity index (χ4v) is 3.11. The number of carbonyl (C=O) groups excluding carboxylic acids is 3. The average molecular weight is 405 g/mol. The number of nitrogens with one attached hydrogen (secondary N) is 1. The number of furan rings is 1. The van der Waals surface area contributed by atoms with Gasteiger partial charge in [-0.25, -0.2) is 4.79 Å². The van der Waals surface area contributed by atoms with E-state index in [9.17, 15) is 14.4 Å². The van der Waals surface area contributed by atoms with E-state index in [1.54, 1.807) is 31.2 Å². The van der Waals surface area contributed by atoms with Gasteiger partial charge in [0.2, 0.25) is 11.7 Å². The zero-order valence-corrected chi connectivity index (χ0v) is 16.2. The molecule has 1 N–H and O–H groups in total. The molecule has 1 amide bonds. The van der Waals surface area contributed by atoms with Crippen molar-refractivity contribution in [3.8, 4) is 5.75 Å². The molecule has 1 aliphatic heterocycles. The molecule has 0 bridgehead atoms. The summed E-state index contributed by atoms with van der Waals surface area (Å²) in [5.74, 6) is -0.392. The average Bonchev–Trinajstić information content (AvgIpc) is 3.35. The van der Waals surface area contributed by atoms with Crippen molar-refractivity contribution in [1.82, 2.24) is 0 Å². The first-order chi connectivity index (χ1) is 14.5. The fraction of sp³-hybridized carbons (Fsp3) is 0.174. The van der Waals surface area contributed by atoms with Gasteiger partial charge in [0.05, 0.1) is 5.92 Å². The Morgan fingerprint density at radius 1 is 1.07 bits per heavy atom. The Bertz CT molecular complexity index is 1100. The zero-order chi connectivity index (χ0) is 21.1. The quantitative estimate of drug-likeness (QED) is 0.472. The van der Waals surface area contributed by atoms with Gasteiger partial charge in [-0.15, -0.1) is 0 Å². The molecule has 0 spiro atoms. The lowest BCUT2D eigenvalue weighted by Gasteiger charge is -2.06. The molecule has 30 heavy (non-hydrogen) atoms. The molecular weight excluding hydrogens is 386 g/mol. The summed E-state index contributed by atoms with van der Waals surface area (Å²) in [4.78, 5) is 36.3. The molecule has 0 fully saturated rings. The highest BCUT2D eigenvalue weighted by molar-refractivity contribution is 6.05. The molecule has 1 atom stereocenters. The van der Waals surface area contributed by atoms with Crippen LogP contribution in [-0.4, -0.2) is 24.3 Å². The second kappa shape index (κ2) is 8.24. The predicted octanol–water partition coefficient (Wildman–Crippen LogP) is 3.95. The van der Waals surface area contributed by atoms with Gasteiger partial charge in [0.15, 0.2) is 12.4 Å². The maximum Gasteiger partial charge on any atom is 0.374 e. The van der Waals surface area contributed by atoms with Gasteiger partial charge in [-0.05, 0) is 55.0 Å². The van der Waals surface area contributed by atoms with Crippen LogP contribution in [0.2, 0.25) is 0 Å². The molecule has 0 aliphatic carbocycles. The van der Waals surface area contributed by atoms with Gasteiger partial charge in [-0.2, -0.15) is 0 Å². The highest BCUT2D eigenvalue weighted by atomic mass is 16.5. The minimum atomic E-state index is -0.735. The van der Waals surface area contributed by atoms with Gasteiger partial charge >= 0.3 is 5.97 Å². The third kappa shape index (κ3) is 4.10. The standard InChI is InChI=1S/C23H19NO6/c1-14-18-11-15(7-9-19(18)24-22(14)26)20(25)13-29-23(27)21-10-8-17(30-21)12-28-16-5-3-2-4-6-16/h2-11,14H,12-13H2,1H3,(H,24,26)/t14-/m1/s1. The van der Waals surface area contributed by atoms with Crippen molar-refractivity contribution in [2.24, 2.45) is 0 Å². The van der Waals surface area contributed by atoms with E-state index in [2.05, 4.69) is 5.32 Å². The number of amides is 1. The molecule has 1 aromatic heterocycles. The number of fused-ring (bicyclic) bond motifs is 1. The normalized spacial score (nSPS) is 14.7. The third-order valence-electron chi connectivity index (χ3n) is 4.81. The number of hydrogen-bond donors (Lipinski definition) is 1. The summed E-state index contributed by atoms with van der Waals surface area (Å²) in [6.07, 6.45) is 0. The molecule has 7 nitrogen and oxygen atoms in total. The van der Waals surface area contributed by atoms with Crippen LogP contribution in [0.25, 0.3) is 0 Å². The Labute approximate surface area is 172 Å². The highest BCUT2D eigenvalue weighted by Crippen LogP contribution is 2.32. The van der Waals surface area contributed by atoms with Crippen LogP contribution in [0.15, 0.2) is 65.1 Å². The van der Waals surface area contributed by atoms with Gasteiger partial charge in [0.25, 0.3) is 0 Å². The minimum Gasteiger partial charge on any atom is -0.486 e. The molecule has 2 heterocycles. The monoisotopic (exact) mass is 405 g/mol. The van der Waals surface area contributed by atoms with Crippen LogP contribution >= 0.6 is 0 Å². The van der Waals surface area contributed by atoms with Crippen LogP contribution in [0, 0.1) is 0 Å². The summed E-state index contributed by atoms with van der Waals surface area (Å²) in [5.41, 5.74) is 1.83. The molecular formula is C23H19NO6. The van der Waals surface area contributed by atoms with E-state index in [4.69, 9.17) is 13.9 Å². The molecule has 2 aromatic carbocycles. The Morgan fingerprint density at radius 2 is 1.87 bits per heavy atom. The van der Waals surface area contributed by atoms with Crippen molar-refractivity contribution in [2.75, 3.05) is 11.9 Å². The minimum absolute atomic E-state index is 0.00756. The van der Waals surface area contributed by atoms with E-state index in [1.807, 2.05) is 30.3 Å². The summed E-state index contributed by atoms with van der Waals surface area (Å²) in [5, 5.41) is 2.75. The van der Waals surface area contributed by atoms with Crippen LogP contribution in [-0.2, 0) is 16.1 Å². The van der Waals surface area contributed by atoms with E-state index in [-0.39, 0.29) is 30.0 Å². The molecule has 0 saturated carbocycles. The molecule has 0 unspecified atom stereocenters. The summed E-state index contributed by atoms with van der Waals surface area (Å²) in [6, 6.07) is 17.2. The Morgan fingerprint density at radius 3 is 2.67 bits per heavy atom. The molecule has 3 aromatic rings. The maximum absolute atomic E-state index is 12.4. The predicted molar refractivity (Wildman–Crippen MR) is 108 cm³/mol. The largest absolute Gasteiger partial charge is 0.486 e. The van der Waals surface area contributed by atoms with E-state index in [1.165, 1.54) is 6.07 Å². The lowest BCUT2D eigenvalue weighted by Crippen LogP contribution is -2.14. The van der Waals surface area contributed by atoms with Crippen LogP contribution in [0.5, 0.6) is 5.75 Å². The van der Waals surface area contributed by atoms with E-state index in [0.717, 1.165) is 5.56 Å². The number of hydrogen-bond acceptors (Lipinski definition) is 6. The summed E-state index contributed by atoms with van der Waals surface area (Å²) < 4.78 is 16.1. The highest BCUT2D eigenvalue weighted by Gasteiger charge is 2.27. The third-order valence-corrected chi connectivity index (χ3v) is 4.81. The first kappa shape index (κ1) is 19.4. The zero-order valence-electron chi connectivity index (χ0n) is 16.2. The SMILES string of the molecule is C[C@H]1C(=O)Nc2ccc(C(=O)COC(=O)c3ccc(COc4ccccc4)o3)cc21. The van der Waals surface area contributed by atoms with Gasteiger partial charge < -0.3 is 19.2 Å². The topological polar surface area (TPSA) is 94.8 Å². The van der Waals surface area contributed by atoms with Crippen molar-refractivity contribution in [1.29, 1.82) is 0 Å². The Hall–Kier alpha value is -3.87. The molecule has 4 rings (SSSR count). The number of Topliss-reactive ketones (excluding diaryl/α,β-unsaturated/α-hetero) is 1. The van der Waals surface area contributed by atoms with Crippen molar-refractivity contribution >= 4 is 23.3 Å². The second-order valence-corrected chi connectivity index (χ2v) is 6.88. The Kier molecular flexibility index (Phi) is 5.34. The number of anilines is 1. The number of esters is 1. The van der Waals surface area contributed by atoms with E-state index < -0.39 is 12.6 Å². The van der Waals surface area contributed by atoms with Gasteiger partial charge in [0.1, 0.15) is 18.1 Å². The number of ether oxygens (including phenoxy) is 2. The van der Waals surface area contributed by atoms with Crippen molar-refractivity contribution in [3.63, 3.8) is 0 Å². The van der Waals surface area contributed by atoms with Gasteiger partial charge in [-0.3, -0.25) is 9.59 Å². The van der Waals surface area contributed by atoms with Crippen LogP contribution in [0.4, 0.5) is 5.69 Å². The van der Waals surface area contributed by atoms with Crippen molar-refractivity contribution in [2.45, 2.75) is 19.4 Å². The van der Waals surface area contributed by atoms with Crippen LogP contribution < -0.4 is 10.1 Å². The molecule has 7 heteroatoms. The molecule has 1 aliphatic rings. The van der Waals surface area contributed by atoms with Crippen LogP contribution in [0.1, 0.15) is 45.1 Å².